The number of imidazole rings is 1. The topological polar surface area (TPSA) is 102 Å². The highest BCUT2D eigenvalue weighted by molar-refractivity contribution is 5.86. The van der Waals surface area contributed by atoms with E-state index in [1.807, 2.05) is 13.8 Å². The number of carbonyl (C=O) groups excluding carboxylic acids is 1. The molecule has 0 spiro atoms. The average molecular weight is 357 g/mol. The molecule has 2 saturated heterocycles. The summed E-state index contributed by atoms with van der Waals surface area (Å²) in [4.78, 5) is 45.5. The molecule has 4 heterocycles. The van der Waals surface area contributed by atoms with Crippen molar-refractivity contribution in [3.63, 3.8) is 0 Å². The molecule has 138 valence electrons. The summed E-state index contributed by atoms with van der Waals surface area (Å²) in [5, 5.41) is 3.08. The lowest BCUT2D eigenvalue weighted by Gasteiger charge is -2.29. The van der Waals surface area contributed by atoms with Gasteiger partial charge in [0.1, 0.15) is 11.3 Å². The lowest BCUT2D eigenvalue weighted by Crippen LogP contribution is -2.46. The molecule has 1 amide bonds. The number of H-pyrrole nitrogens is 1. The van der Waals surface area contributed by atoms with Crippen LogP contribution in [0.2, 0.25) is 0 Å². The zero-order valence-electron chi connectivity index (χ0n) is 15.0. The normalized spacial score (nSPS) is 31.5. The summed E-state index contributed by atoms with van der Waals surface area (Å²) in [6.07, 6.45) is 2.50. The van der Waals surface area contributed by atoms with E-state index in [1.165, 1.54) is 4.57 Å². The summed E-state index contributed by atoms with van der Waals surface area (Å²) in [7, 11) is 0. The maximum absolute atomic E-state index is 12.8. The fourth-order valence-electron chi connectivity index (χ4n) is 5.26. The standard InChI is InChI=1S/C18H23N5O3/c1-3-5-22-15-13(17(25)23(6-4-2)18(22)26)20-14(21-15)12-9-7-8-10(12)11(8)16(24)19-9/h8-12H,3-7H2,1-2H3,(H,19,24)(H,20,21). The Labute approximate surface area is 149 Å². The second-order valence-corrected chi connectivity index (χ2v) is 7.86. The van der Waals surface area contributed by atoms with Crippen LogP contribution in [0.15, 0.2) is 9.59 Å². The molecular weight excluding hydrogens is 334 g/mol. The van der Waals surface area contributed by atoms with Gasteiger partial charge in [-0.3, -0.25) is 18.7 Å². The Balaban J connectivity index is 1.67. The molecule has 2 aliphatic carbocycles. The molecule has 5 atom stereocenters. The zero-order valence-corrected chi connectivity index (χ0v) is 15.0. The van der Waals surface area contributed by atoms with Gasteiger partial charge in [-0.25, -0.2) is 9.78 Å². The van der Waals surface area contributed by atoms with E-state index >= 15 is 0 Å². The first kappa shape index (κ1) is 15.8. The van der Waals surface area contributed by atoms with Crippen LogP contribution in [0.1, 0.15) is 44.9 Å². The molecule has 4 aliphatic rings. The highest BCUT2D eigenvalue weighted by Crippen LogP contribution is 2.66. The Morgan fingerprint density at radius 2 is 1.81 bits per heavy atom. The van der Waals surface area contributed by atoms with Crippen LogP contribution in [0.4, 0.5) is 0 Å². The summed E-state index contributed by atoms with van der Waals surface area (Å²) in [5.74, 6) is 1.93. The number of hydrogen-bond acceptors (Lipinski definition) is 4. The number of fused-ring (bicyclic) bond motifs is 2. The molecule has 8 heteroatoms. The molecule has 2 saturated carbocycles. The summed E-state index contributed by atoms with van der Waals surface area (Å²) in [6, 6.07) is 0.0901. The molecule has 4 fully saturated rings. The second kappa shape index (κ2) is 5.31. The first-order valence-electron chi connectivity index (χ1n) is 9.60. The van der Waals surface area contributed by atoms with Gasteiger partial charge < -0.3 is 10.3 Å². The maximum Gasteiger partial charge on any atom is 0.332 e. The van der Waals surface area contributed by atoms with Gasteiger partial charge in [0, 0.05) is 31.0 Å². The fourth-order valence-corrected chi connectivity index (χ4v) is 5.26. The van der Waals surface area contributed by atoms with Crippen LogP contribution < -0.4 is 16.6 Å². The third kappa shape index (κ3) is 1.90. The minimum atomic E-state index is -0.294. The first-order valence-corrected chi connectivity index (χ1v) is 9.60. The van der Waals surface area contributed by atoms with E-state index in [4.69, 9.17) is 4.98 Å². The van der Waals surface area contributed by atoms with E-state index in [9.17, 15) is 14.4 Å². The van der Waals surface area contributed by atoms with Gasteiger partial charge in [-0.1, -0.05) is 13.8 Å². The van der Waals surface area contributed by atoms with E-state index in [0.717, 1.165) is 25.1 Å². The van der Waals surface area contributed by atoms with Crippen molar-refractivity contribution in [2.75, 3.05) is 0 Å². The van der Waals surface area contributed by atoms with Gasteiger partial charge in [0.25, 0.3) is 5.56 Å². The number of hydrogen-bond donors (Lipinski definition) is 2. The van der Waals surface area contributed by atoms with E-state index in [1.54, 1.807) is 4.57 Å². The molecule has 5 unspecified atom stereocenters. The number of aryl methyl sites for hydroxylation is 1. The predicted octanol–water partition coefficient (Wildman–Crippen LogP) is 0.554. The van der Waals surface area contributed by atoms with E-state index in [2.05, 4.69) is 10.3 Å². The van der Waals surface area contributed by atoms with E-state index in [-0.39, 0.29) is 35.0 Å². The van der Waals surface area contributed by atoms with Crippen molar-refractivity contribution in [2.24, 2.45) is 17.8 Å². The van der Waals surface area contributed by atoms with Crippen molar-refractivity contribution in [2.45, 2.75) is 58.2 Å². The van der Waals surface area contributed by atoms with Crippen molar-refractivity contribution in [3.05, 3.63) is 26.7 Å². The predicted molar refractivity (Wildman–Crippen MR) is 95.0 cm³/mol. The Hall–Kier alpha value is -2.38. The third-order valence-corrected chi connectivity index (χ3v) is 6.32. The van der Waals surface area contributed by atoms with Gasteiger partial charge in [-0.2, -0.15) is 0 Å². The van der Waals surface area contributed by atoms with Gasteiger partial charge in [0.05, 0.1) is 0 Å². The SMILES string of the molecule is CCCn1c(=O)c2[nH]c(C3C4CC5C(C(=O)N4)C53)nc2n(CCC)c1=O. The molecule has 2 aromatic rings. The monoisotopic (exact) mass is 357 g/mol. The van der Waals surface area contributed by atoms with Crippen molar-refractivity contribution in [1.82, 2.24) is 24.4 Å². The van der Waals surface area contributed by atoms with Gasteiger partial charge in [0.15, 0.2) is 5.65 Å². The Morgan fingerprint density at radius 3 is 2.46 bits per heavy atom. The summed E-state index contributed by atoms with van der Waals surface area (Å²) >= 11 is 0. The molecular formula is C18H23N5O3. The van der Waals surface area contributed by atoms with Gasteiger partial charge in [0.2, 0.25) is 5.91 Å². The lowest BCUT2D eigenvalue weighted by molar-refractivity contribution is -0.126. The fraction of sp³-hybridized carbons (Fsp3) is 0.667. The number of amides is 1. The summed E-state index contributed by atoms with van der Waals surface area (Å²) in [6.45, 7) is 4.88. The minimum Gasteiger partial charge on any atom is -0.352 e. The summed E-state index contributed by atoms with van der Waals surface area (Å²) < 4.78 is 2.92. The van der Waals surface area contributed by atoms with Crippen LogP contribution in [-0.2, 0) is 17.9 Å². The number of carbonyl (C=O) groups is 1. The number of aromatic amines is 1. The lowest BCUT2D eigenvalue weighted by atomic mass is 9.90. The number of aromatic nitrogens is 4. The van der Waals surface area contributed by atoms with Crippen molar-refractivity contribution >= 4 is 17.1 Å². The molecule has 26 heavy (non-hydrogen) atoms. The number of nitrogens with zero attached hydrogens (tertiary/aromatic N) is 3. The Bertz CT molecular complexity index is 1030. The molecule has 4 bridgehead atoms. The van der Waals surface area contributed by atoms with Crippen molar-refractivity contribution < 1.29 is 4.79 Å². The quantitative estimate of drug-likeness (QED) is 0.816. The molecule has 0 radical (unpaired) electrons. The van der Waals surface area contributed by atoms with Crippen LogP contribution in [0.5, 0.6) is 0 Å². The number of nitrogens with one attached hydrogen (secondary N) is 2. The second-order valence-electron chi connectivity index (χ2n) is 7.86. The van der Waals surface area contributed by atoms with Crippen LogP contribution in [-0.4, -0.2) is 31.1 Å². The maximum atomic E-state index is 12.8. The molecule has 8 nitrogen and oxygen atoms in total. The molecule has 2 N–H and O–H groups in total. The van der Waals surface area contributed by atoms with Gasteiger partial charge in [-0.15, -0.1) is 0 Å². The third-order valence-electron chi connectivity index (χ3n) is 6.32. The largest absolute Gasteiger partial charge is 0.352 e. The van der Waals surface area contributed by atoms with Crippen LogP contribution >= 0.6 is 0 Å². The van der Waals surface area contributed by atoms with Crippen LogP contribution in [0.3, 0.4) is 0 Å². The molecule has 2 aliphatic heterocycles. The van der Waals surface area contributed by atoms with Crippen molar-refractivity contribution in [3.8, 4) is 0 Å². The van der Waals surface area contributed by atoms with E-state index < -0.39 is 0 Å². The van der Waals surface area contributed by atoms with Gasteiger partial charge in [-0.05, 0) is 31.1 Å². The minimum absolute atomic E-state index is 0.0901. The number of rotatable bonds is 5. The van der Waals surface area contributed by atoms with E-state index in [0.29, 0.717) is 36.1 Å². The molecule has 2 aromatic heterocycles. The van der Waals surface area contributed by atoms with Crippen LogP contribution in [0.25, 0.3) is 11.2 Å². The summed E-state index contributed by atoms with van der Waals surface area (Å²) in [5.41, 5.74) is 0.288. The van der Waals surface area contributed by atoms with Gasteiger partial charge >= 0.3 is 5.69 Å². The first-order chi connectivity index (χ1) is 12.6. The zero-order chi connectivity index (χ0) is 18.2. The Kier molecular flexibility index (Phi) is 3.24. The highest BCUT2D eigenvalue weighted by Gasteiger charge is 2.69. The van der Waals surface area contributed by atoms with Crippen molar-refractivity contribution in [1.29, 1.82) is 0 Å². The molecule has 6 rings (SSSR count). The van der Waals surface area contributed by atoms with Crippen LogP contribution in [0, 0.1) is 17.8 Å². The smallest absolute Gasteiger partial charge is 0.332 e. The average Bonchev–Trinajstić information content (AvgIpc) is 3.01. The highest BCUT2D eigenvalue weighted by atomic mass is 16.2. The number of piperidine rings is 2. The Morgan fingerprint density at radius 1 is 1.08 bits per heavy atom. The molecule has 0 aromatic carbocycles.